The van der Waals surface area contributed by atoms with Crippen LogP contribution in [0.2, 0.25) is 0 Å². The number of anilines is 1. The van der Waals surface area contributed by atoms with Gasteiger partial charge in [-0.2, -0.15) is 0 Å². The second kappa shape index (κ2) is 6.08. The maximum atomic E-state index is 11.5. The number of carbonyl (C=O) groups excluding carboxylic acids is 1. The molecular weight excluding hydrogens is 279 g/mol. The zero-order valence-electron chi connectivity index (χ0n) is 10.4. The average Bonchev–Trinajstić information content (AvgIpc) is 2.25. The first-order chi connectivity index (χ1) is 7.90. The molecule has 3 N–H and O–H groups in total. The van der Waals surface area contributed by atoms with Gasteiger partial charge >= 0.3 is 109 Å². The van der Waals surface area contributed by atoms with Gasteiger partial charge in [-0.3, -0.25) is 0 Å². The molecule has 0 aliphatic heterocycles. The fourth-order valence-electron chi connectivity index (χ4n) is 1.15. The van der Waals surface area contributed by atoms with Crippen molar-refractivity contribution >= 4 is 26.4 Å². The molecule has 0 heterocycles. The van der Waals surface area contributed by atoms with Gasteiger partial charge in [-0.25, -0.2) is 0 Å². The molecule has 5 heteroatoms. The molecule has 0 aliphatic rings. The third-order valence-corrected chi connectivity index (χ3v) is 3.41. The molecule has 1 aromatic rings. The summed E-state index contributed by atoms with van der Waals surface area (Å²) in [4.78, 5) is 11.5. The van der Waals surface area contributed by atoms with E-state index >= 15 is 0 Å². The first-order valence-corrected chi connectivity index (χ1v) is 7.54. The van der Waals surface area contributed by atoms with Crippen molar-refractivity contribution in [1.82, 2.24) is 0 Å². The Labute approximate surface area is 109 Å². The summed E-state index contributed by atoms with van der Waals surface area (Å²) in [5.41, 5.74) is 7.11. The van der Waals surface area contributed by atoms with Gasteiger partial charge in [-0.05, 0) is 0 Å². The van der Waals surface area contributed by atoms with Gasteiger partial charge in [0.2, 0.25) is 0 Å². The number of nitrogens with two attached hydrogens (primary N) is 1. The molecule has 17 heavy (non-hydrogen) atoms. The quantitative estimate of drug-likeness (QED) is 0.833. The first kappa shape index (κ1) is 14.1. The van der Waals surface area contributed by atoms with E-state index in [4.69, 9.17) is 10.5 Å². The Morgan fingerprint density at radius 2 is 1.94 bits per heavy atom. The van der Waals surface area contributed by atoms with E-state index in [2.05, 4.69) is 4.23 Å². The predicted octanol–water partition coefficient (Wildman–Crippen LogP) is 1.84. The molecule has 0 bridgehead atoms. The molecule has 0 saturated carbocycles. The number of benzene rings is 1. The molecule has 0 fully saturated rings. The molecular formula is C12H19AsN2O2. The van der Waals surface area contributed by atoms with Crippen LogP contribution in [0.1, 0.15) is 26.3 Å². The van der Waals surface area contributed by atoms with Crippen LogP contribution in [0.3, 0.4) is 0 Å². The normalized spacial score (nSPS) is 11.8. The van der Waals surface area contributed by atoms with E-state index in [1.165, 1.54) is 0 Å². The van der Waals surface area contributed by atoms with E-state index in [0.717, 1.165) is 11.3 Å². The number of hydrogen-bond acceptors (Lipinski definition) is 4. The number of carbonyl (C=O) groups is 1. The van der Waals surface area contributed by atoms with Crippen LogP contribution in [0.25, 0.3) is 0 Å². The van der Waals surface area contributed by atoms with Gasteiger partial charge in [0.1, 0.15) is 0 Å². The Morgan fingerprint density at radius 1 is 1.35 bits per heavy atom. The second-order valence-electron chi connectivity index (χ2n) is 4.65. The Kier molecular flexibility index (Phi) is 5.03. The van der Waals surface area contributed by atoms with Gasteiger partial charge in [0.15, 0.2) is 0 Å². The molecule has 1 aromatic carbocycles. The molecule has 0 aromatic heterocycles. The van der Waals surface area contributed by atoms with Gasteiger partial charge < -0.3 is 0 Å². The van der Waals surface area contributed by atoms with Crippen LogP contribution in [-0.2, 0) is 11.3 Å². The molecule has 1 unspecified atom stereocenters. The Hall–Kier alpha value is -0.992. The molecule has 1 atom stereocenters. The topological polar surface area (TPSA) is 64.3 Å². The van der Waals surface area contributed by atoms with Crippen molar-refractivity contribution in [3.63, 3.8) is 0 Å². The number of ether oxygens (including phenoxy) is 1. The predicted molar refractivity (Wildman–Crippen MR) is 71.3 cm³/mol. The third kappa shape index (κ3) is 5.75. The van der Waals surface area contributed by atoms with E-state index < -0.39 is 21.6 Å². The first-order valence-electron chi connectivity index (χ1n) is 5.45. The molecule has 0 radical (unpaired) electrons. The summed E-state index contributed by atoms with van der Waals surface area (Å²) in [6.07, 6.45) is 0. The van der Waals surface area contributed by atoms with Crippen molar-refractivity contribution < 1.29 is 9.53 Å². The van der Waals surface area contributed by atoms with Gasteiger partial charge in [-0.1, -0.05) is 0 Å². The minimum atomic E-state index is -0.976. The molecule has 0 amide bonds. The SMILES string of the molecule is CC(C)(C)OC(=O)[AsH]Nc1ccc(CN)cc1. The summed E-state index contributed by atoms with van der Waals surface area (Å²) >= 11 is -0.976. The van der Waals surface area contributed by atoms with Crippen molar-refractivity contribution in [1.29, 1.82) is 0 Å². The van der Waals surface area contributed by atoms with E-state index in [9.17, 15) is 4.79 Å². The van der Waals surface area contributed by atoms with E-state index in [1.807, 2.05) is 45.0 Å². The standard InChI is InChI=1S/C12H19AsN2O2/c1-12(2,3)17-11(16)13-15-10-6-4-9(8-14)5-7-10/h4-7,13,15H,8,14H2,1-3H3. The van der Waals surface area contributed by atoms with Crippen LogP contribution in [0.4, 0.5) is 10.5 Å². The van der Waals surface area contributed by atoms with Gasteiger partial charge in [0, 0.05) is 0 Å². The molecule has 4 nitrogen and oxygen atoms in total. The molecule has 1 rings (SSSR count). The second-order valence-corrected chi connectivity index (χ2v) is 6.56. The number of nitrogens with one attached hydrogen (secondary N) is 1. The van der Waals surface area contributed by atoms with Crippen LogP contribution in [0.5, 0.6) is 0 Å². The van der Waals surface area contributed by atoms with Crippen LogP contribution in [0.15, 0.2) is 24.3 Å². The third-order valence-electron chi connectivity index (χ3n) is 1.90. The zero-order valence-corrected chi connectivity index (χ0v) is 12.5. The average molecular weight is 298 g/mol. The number of rotatable bonds is 4. The van der Waals surface area contributed by atoms with E-state index in [-0.39, 0.29) is 4.76 Å². The fraction of sp³-hybridized carbons (Fsp3) is 0.417. The van der Waals surface area contributed by atoms with Gasteiger partial charge in [0.05, 0.1) is 0 Å². The minimum absolute atomic E-state index is 0.139. The van der Waals surface area contributed by atoms with Crippen molar-refractivity contribution in [2.45, 2.75) is 32.9 Å². The number of hydrogen-bond donors (Lipinski definition) is 2. The van der Waals surface area contributed by atoms with Crippen molar-refractivity contribution in [3.8, 4) is 0 Å². The van der Waals surface area contributed by atoms with Crippen molar-refractivity contribution in [2.75, 3.05) is 4.23 Å². The maximum absolute atomic E-state index is 11.5. The summed E-state index contributed by atoms with van der Waals surface area (Å²) in [5, 5.41) is 0. The summed E-state index contributed by atoms with van der Waals surface area (Å²) in [6.45, 7) is 6.13. The van der Waals surface area contributed by atoms with Crippen LogP contribution in [-0.4, -0.2) is 26.3 Å². The van der Waals surface area contributed by atoms with E-state index in [1.54, 1.807) is 0 Å². The van der Waals surface area contributed by atoms with Crippen molar-refractivity contribution in [2.24, 2.45) is 5.73 Å². The van der Waals surface area contributed by atoms with Crippen LogP contribution >= 0.6 is 0 Å². The zero-order chi connectivity index (χ0) is 12.9. The Balaban J connectivity index is 2.42. The van der Waals surface area contributed by atoms with Crippen LogP contribution in [0, 0.1) is 0 Å². The van der Waals surface area contributed by atoms with Crippen molar-refractivity contribution in [3.05, 3.63) is 29.8 Å². The van der Waals surface area contributed by atoms with Crippen LogP contribution < -0.4 is 9.97 Å². The Morgan fingerprint density at radius 3 is 2.41 bits per heavy atom. The molecule has 0 aliphatic carbocycles. The molecule has 94 valence electrons. The van der Waals surface area contributed by atoms with Gasteiger partial charge in [0.25, 0.3) is 0 Å². The molecule has 0 spiro atoms. The molecule has 0 saturated heterocycles. The fourth-order valence-corrected chi connectivity index (χ4v) is 2.77. The summed E-state index contributed by atoms with van der Waals surface area (Å²) in [7, 11) is 0. The monoisotopic (exact) mass is 298 g/mol. The Bertz CT molecular complexity index is 371. The summed E-state index contributed by atoms with van der Waals surface area (Å²) in [5.74, 6) is 0. The van der Waals surface area contributed by atoms with E-state index in [0.29, 0.717) is 6.54 Å². The summed E-state index contributed by atoms with van der Waals surface area (Å²) in [6, 6.07) is 7.75. The van der Waals surface area contributed by atoms with Gasteiger partial charge in [-0.15, -0.1) is 0 Å². The summed E-state index contributed by atoms with van der Waals surface area (Å²) < 4.78 is 8.23.